The van der Waals surface area contributed by atoms with Gasteiger partial charge < -0.3 is 15.9 Å². The van der Waals surface area contributed by atoms with Crippen molar-refractivity contribution in [1.82, 2.24) is 14.9 Å². The van der Waals surface area contributed by atoms with Crippen LogP contribution in [0.25, 0.3) is 11.4 Å². The summed E-state index contributed by atoms with van der Waals surface area (Å²) in [5, 5.41) is 10.8. The molecule has 3 aromatic rings. The lowest BCUT2D eigenvalue weighted by molar-refractivity contribution is -0.115. The summed E-state index contributed by atoms with van der Waals surface area (Å²) in [5.41, 5.74) is 1.09. The van der Waals surface area contributed by atoms with Crippen LogP contribution in [0.5, 0.6) is 5.75 Å². The Kier molecular flexibility index (Phi) is 6.05. The minimum atomic E-state index is -0.545. The summed E-state index contributed by atoms with van der Waals surface area (Å²) in [5.74, 6) is 6.46. The van der Waals surface area contributed by atoms with Gasteiger partial charge in [0.15, 0.2) is 5.82 Å². The number of rotatable bonds is 6. The molecule has 0 bridgehead atoms. The van der Waals surface area contributed by atoms with E-state index in [1.165, 1.54) is 16.8 Å². The van der Waals surface area contributed by atoms with Gasteiger partial charge in [-0.1, -0.05) is 23.4 Å². The Morgan fingerprint density at radius 3 is 2.64 bits per heavy atom. The van der Waals surface area contributed by atoms with E-state index in [9.17, 15) is 9.18 Å². The third-order valence-corrected chi connectivity index (χ3v) is 5.22. The van der Waals surface area contributed by atoms with E-state index in [0.29, 0.717) is 22.4 Å². The number of hydrogen-bond acceptors (Lipinski definition) is 6. The lowest BCUT2D eigenvalue weighted by Crippen LogP contribution is -2.23. The fraction of sp³-hybridized carbons (Fsp3) is 0.167. The number of halogens is 2. The van der Waals surface area contributed by atoms with Crippen LogP contribution >= 0.6 is 23.4 Å². The van der Waals surface area contributed by atoms with Crippen molar-refractivity contribution in [1.29, 1.82) is 0 Å². The highest BCUT2D eigenvalue weighted by molar-refractivity contribution is 8.00. The normalized spacial score (nSPS) is 11.9. The molecule has 28 heavy (non-hydrogen) atoms. The number of nitrogens with one attached hydrogen (secondary N) is 1. The van der Waals surface area contributed by atoms with E-state index in [1.54, 1.807) is 26.2 Å². The molecule has 0 aliphatic carbocycles. The molecule has 3 rings (SSSR count). The van der Waals surface area contributed by atoms with Crippen LogP contribution in [0.15, 0.2) is 47.6 Å². The minimum absolute atomic E-state index is 0.120. The van der Waals surface area contributed by atoms with Crippen molar-refractivity contribution < 1.29 is 13.9 Å². The maximum Gasteiger partial charge on any atom is 0.237 e. The number of anilines is 1. The number of hydrogen-bond donors (Lipinski definition) is 2. The van der Waals surface area contributed by atoms with Gasteiger partial charge in [0, 0.05) is 5.56 Å². The van der Waals surface area contributed by atoms with Gasteiger partial charge in [-0.05, 0) is 49.4 Å². The van der Waals surface area contributed by atoms with Crippen molar-refractivity contribution in [2.45, 2.75) is 17.3 Å². The highest BCUT2D eigenvalue weighted by Crippen LogP contribution is 2.28. The lowest BCUT2D eigenvalue weighted by Gasteiger charge is -2.12. The molecule has 0 radical (unpaired) electrons. The zero-order valence-electron chi connectivity index (χ0n) is 15.0. The van der Waals surface area contributed by atoms with Gasteiger partial charge >= 0.3 is 0 Å². The fourth-order valence-corrected chi connectivity index (χ4v) is 3.32. The summed E-state index contributed by atoms with van der Waals surface area (Å²) >= 11 is 7.08. The van der Waals surface area contributed by atoms with Crippen LogP contribution in [0.4, 0.5) is 10.1 Å². The standard InChI is InChI=1S/C18H17ClFN5O2S/c1-10(17(26)22-15-8-5-12(20)9-14(15)19)28-18-24-23-16(25(18)21)11-3-6-13(27-2)7-4-11/h3-10H,21H2,1-2H3,(H,22,26). The first kappa shape index (κ1) is 20.0. The van der Waals surface area contributed by atoms with Crippen LogP contribution < -0.4 is 15.9 Å². The topological polar surface area (TPSA) is 95.1 Å². The quantitative estimate of drug-likeness (QED) is 0.466. The molecule has 7 nitrogen and oxygen atoms in total. The lowest BCUT2D eigenvalue weighted by atomic mass is 10.2. The zero-order chi connectivity index (χ0) is 20.3. The molecule has 0 aliphatic rings. The summed E-state index contributed by atoms with van der Waals surface area (Å²) in [4.78, 5) is 12.4. The van der Waals surface area contributed by atoms with Gasteiger partial charge in [0.05, 0.1) is 23.1 Å². The van der Waals surface area contributed by atoms with Crippen molar-refractivity contribution in [2.75, 3.05) is 18.3 Å². The number of carbonyl (C=O) groups is 1. The van der Waals surface area contributed by atoms with Crippen molar-refractivity contribution >= 4 is 35.0 Å². The third-order valence-electron chi connectivity index (χ3n) is 3.85. The SMILES string of the molecule is COc1ccc(-c2nnc(SC(C)C(=O)Nc3ccc(F)cc3Cl)n2N)cc1. The number of aromatic nitrogens is 3. The Hall–Kier alpha value is -2.78. The van der Waals surface area contributed by atoms with Crippen LogP contribution in [0.3, 0.4) is 0 Å². The Labute approximate surface area is 170 Å². The van der Waals surface area contributed by atoms with E-state index in [-0.39, 0.29) is 10.9 Å². The van der Waals surface area contributed by atoms with Gasteiger partial charge in [-0.3, -0.25) is 4.79 Å². The molecule has 146 valence electrons. The molecule has 0 aliphatic heterocycles. The first-order valence-electron chi connectivity index (χ1n) is 8.16. The molecule has 1 aromatic heterocycles. The van der Waals surface area contributed by atoms with Crippen LogP contribution in [0.2, 0.25) is 5.02 Å². The molecule has 0 saturated carbocycles. The molecule has 2 aromatic carbocycles. The number of amides is 1. The maximum absolute atomic E-state index is 13.1. The summed E-state index contributed by atoms with van der Waals surface area (Å²) in [6, 6.07) is 11.0. The van der Waals surface area contributed by atoms with Crippen LogP contribution in [0, 0.1) is 5.82 Å². The van der Waals surface area contributed by atoms with Crippen molar-refractivity contribution in [3.05, 3.63) is 53.3 Å². The number of nitrogens with two attached hydrogens (primary N) is 1. The molecule has 3 N–H and O–H groups in total. The van der Waals surface area contributed by atoms with Gasteiger partial charge in [-0.15, -0.1) is 10.2 Å². The van der Waals surface area contributed by atoms with E-state index in [1.807, 2.05) is 12.1 Å². The van der Waals surface area contributed by atoms with E-state index in [2.05, 4.69) is 15.5 Å². The monoisotopic (exact) mass is 421 g/mol. The van der Waals surface area contributed by atoms with Crippen molar-refractivity contribution in [3.63, 3.8) is 0 Å². The molecular weight excluding hydrogens is 405 g/mol. The molecule has 0 fully saturated rings. The number of methoxy groups -OCH3 is 1. The van der Waals surface area contributed by atoms with Gasteiger partial charge in [0.25, 0.3) is 0 Å². The van der Waals surface area contributed by atoms with E-state index < -0.39 is 11.1 Å². The van der Waals surface area contributed by atoms with Crippen molar-refractivity contribution in [2.24, 2.45) is 0 Å². The second kappa shape index (κ2) is 8.49. The van der Waals surface area contributed by atoms with Crippen LogP contribution in [0.1, 0.15) is 6.92 Å². The number of nitrogens with zero attached hydrogens (tertiary/aromatic N) is 3. The molecule has 1 atom stereocenters. The molecule has 10 heteroatoms. The predicted molar refractivity (Wildman–Crippen MR) is 108 cm³/mol. The predicted octanol–water partition coefficient (Wildman–Crippen LogP) is 3.58. The van der Waals surface area contributed by atoms with Gasteiger partial charge in [0.2, 0.25) is 11.1 Å². The molecule has 0 saturated heterocycles. The number of carbonyl (C=O) groups excluding carboxylic acids is 1. The summed E-state index contributed by atoms with van der Waals surface area (Å²) in [6.45, 7) is 1.69. The van der Waals surface area contributed by atoms with Crippen LogP contribution in [-0.4, -0.2) is 33.1 Å². The number of ether oxygens (including phenoxy) is 1. The number of thioether (sulfide) groups is 1. The van der Waals surface area contributed by atoms with Crippen LogP contribution in [-0.2, 0) is 4.79 Å². The molecule has 1 unspecified atom stereocenters. The summed E-state index contributed by atoms with van der Waals surface area (Å²) in [7, 11) is 1.58. The highest BCUT2D eigenvalue weighted by Gasteiger charge is 2.21. The zero-order valence-corrected chi connectivity index (χ0v) is 16.6. The average molecular weight is 422 g/mol. The number of nitrogen functional groups attached to an aromatic ring is 1. The Morgan fingerprint density at radius 1 is 1.29 bits per heavy atom. The maximum atomic E-state index is 13.1. The Bertz CT molecular complexity index is 996. The van der Waals surface area contributed by atoms with E-state index in [0.717, 1.165) is 23.4 Å². The average Bonchev–Trinajstić information content (AvgIpc) is 3.04. The first-order chi connectivity index (χ1) is 13.4. The fourth-order valence-electron chi connectivity index (χ4n) is 2.33. The van der Waals surface area contributed by atoms with Gasteiger partial charge in [0.1, 0.15) is 11.6 Å². The highest BCUT2D eigenvalue weighted by atomic mass is 35.5. The molecular formula is C18H17ClFN5O2S. The third kappa shape index (κ3) is 4.37. The van der Waals surface area contributed by atoms with Gasteiger partial charge in [-0.25, -0.2) is 9.07 Å². The second-order valence-electron chi connectivity index (χ2n) is 5.78. The Balaban J connectivity index is 1.70. The first-order valence-corrected chi connectivity index (χ1v) is 9.42. The minimum Gasteiger partial charge on any atom is -0.497 e. The van der Waals surface area contributed by atoms with Gasteiger partial charge in [-0.2, -0.15) is 0 Å². The Morgan fingerprint density at radius 2 is 2.00 bits per heavy atom. The van der Waals surface area contributed by atoms with Crippen molar-refractivity contribution in [3.8, 4) is 17.1 Å². The molecule has 0 spiro atoms. The molecule has 1 amide bonds. The number of benzene rings is 2. The smallest absolute Gasteiger partial charge is 0.237 e. The second-order valence-corrected chi connectivity index (χ2v) is 7.49. The summed E-state index contributed by atoms with van der Waals surface area (Å²) in [6.07, 6.45) is 0. The van der Waals surface area contributed by atoms with E-state index >= 15 is 0 Å². The van der Waals surface area contributed by atoms with E-state index in [4.69, 9.17) is 22.2 Å². The molecule has 1 heterocycles. The summed E-state index contributed by atoms with van der Waals surface area (Å²) < 4.78 is 19.6. The largest absolute Gasteiger partial charge is 0.497 e.